The molecule has 4 heteroatoms. The molecule has 0 bridgehead atoms. The molecule has 3 nitrogen and oxygen atoms in total. The smallest absolute Gasteiger partial charge is 0.338 e. The van der Waals surface area contributed by atoms with E-state index in [9.17, 15) is 4.79 Å². The lowest BCUT2D eigenvalue weighted by Crippen LogP contribution is -2.09. The van der Waals surface area contributed by atoms with E-state index < -0.39 is 0 Å². The minimum Gasteiger partial charge on any atom is -0.465 e. The molecule has 0 fully saturated rings. The zero-order valence-corrected chi connectivity index (χ0v) is 13.0. The molecule has 1 N–H and O–H groups in total. The largest absolute Gasteiger partial charge is 0.465 e. The van der Waals surface area contributed by atoms with Gasteiger partial charge in [-0.3, -0.25) is 0 Å². The summed E-state index contributed by atoms with van der Waals surface area (Å²) in [6.07, 6.45) is 0. The fraction of sp³-hybridized carbons (Fsp3) is 0.312. The zero-order valence-electron chi connectivity index (χ0n) is 12.2. The highest BCUT2D eigenvalue weighted by Gasteiger charge is 2.14. The molecule has 0 amide bonds. The Labute approximate surface area is 123 Å². The summed E-state index contributed by atoms with van der Waals surface area (Å²) >= 11 is 1.78. The average Bonchev–Trinajstić information content (AvgIpc) is 2.87. The van der Waals surface area contributed by atoms with Crippen LogP contribution in [0.2, 0.25) is 0 Å². The van der Waals surface area contributed by atoms with E-state index in [0.717, 1.165) is 11.3 Å². The molecule has 1 aromatic heterocycles. The van der Waals surface area contributed by atoms with E-state index in [1.165, 1.54) is 16.9 Å². The van der Waals surface area contributed by atoms with Crippen molar-refractivity contribution in [2.45, 2.75) is 26.8 Å². The van der Waals surface area contributed by atoms with E-state index in [2.05, 4.69) is 31.3 Å². The second-order valence-electron chi connectivity index (χ2n) is 4.78. The standard InChI is InChI=1S/C16H19NO2S/c1-10-8-9-15(20-10)12(3)17-14-7-5-6-13(11(14)2)16(18)19-4/h5-9,12,17H,1-4H3. The van der Waals surface area contributed by atoms with Gasteiger partial charge in [-0.25, -0.2) is 4.79 Å². The van der Waals surface area contributed by atoms with Gasteiger partial charge in [-0.1, -0.05) is 6.07 Å². The van der Waals surface area contributed by atoms with E-state index in [1.807, 2.05) is 19.1 Å². The molecular weight excluding hydrogens is 270 g/mol. The number of carbonyl (C=O) groups is 1. The van der Waals surface area contributed by atoms with Crippen molar-refractivity contribution in [1.82, 2.24) is 0 Å². The number of hydrogen-bond donors (Lipinski definition) is 1. The first-order chi connectivity index (χ1) is 9.52. The van der Waals surface area contributed by atoms with Crippen molar-refractivity contribution in [3.05, 3.63) is 51.2 Å². The number of benzene rings is 1. The summed E-state index contributed by atoms with van der Waals surface area (Å²) < 4.78 is 4.80. The first-order valence-electron chi connectivity index (χ1n) is 6.53. The van der Waals surface area contributed by atoms with Crippen LogP contribution < -0.4 is 5.32 Å². The molecule has 2 rings (SSSR count). The maximum Gasteiger partial charge on any atom is 0.338 e. The van der Waals surface area contributed by atoms with Crippen LogP contribution in [-0.2, 0) is 4.74 Å². The van der Waals surface area contributed by atoms with E-state index in [1.54, 1.807) is 17.4 Å². The van der Waals surface area contributed by atoms with Gasteiger partial charge < -0.3 is 10.1 Å². The zero-order chi connectivity index (χ0) is 14.7. The molecule has 1 unspecified atom stereocenters. The third-order valence-electron chi connectivity index (χ3n) is 3.30. The maximum atomic E-state index is 11.7. The minimum atomic E-state index is -0.300. The lowest BCUT2D eigenvalue weighted by atomic mass is 10.1. The number of nitrogens with one attached hydrogen (secondary N) is 1. The molecule has 0 radical (unpaired) electrons. The SMILES string of the molecule is COC(=O)c1cccc(NC(C)c2ccc(C)s2)c1C. The fourth-order valence-electron chi connectivity index (χ4n) is 2.11. The van der Waals surface area contributed by atoms with E-state index in [0.29, 0.717) is 5.56 Å². The highest BCUT2D eigenvalue weighted by molar-refractivity contribution is 7.12. The highest BCUT2D eigenvalue weighted by Crippen LogP contribution is 2.28. The van der Waals surface area contributed by atoms with Gasteiger partial charge in [-0.15, -0.1) is 11.3 Å². The van der Waals surface area contributed by atoms with Crippen LogP contribution in [0.4, 0.5) is 5.69 Å². The fourth-order valence-corrected chi connectivity index (χ4v) is 2.99. The Morgan fingerprint density at radius 3 is 2.60 bits per heavy atom. The van der Waals surface area contributed by atoms with Crippen LogP contribution in [0.3, 0.4) is 0 Å². The molecule has 0 aliphatic rings. The predicted molar refractivity (Wildman–Crippen MR) is 83.6 cm³/mol. The van der Waals surface area contributed by atoms with Gasteiger partial charge in [-0.05, 0) is 50.6 Å². The summed E-state index contributed by atoms with van der Waals surface area (Å²) in [6.45, 7) is 6.15. The maximum absolute atomic E-state index is 11.7. The van der Waals surface area contributed by atoms with Crippen molar-refractivity contribution in [2.75, 3.05) is 12.4 Å². The molecule has 0 saturated heterocycles. The van der Waals surface area contributed by atoms with Crippen LogP contribution >= 0.6 is 11.3 Å². The highest BCUT2D eigenvalue weighted by atomic mass is 32.1. The Bertz CT molecular complexity index is 619. The molecule has 106 valence electrons. The summed E-state index contributed by atoms with van der Waals surface area (Å²) in [5.74, 6) is -0.300. The number of ether oxygens (including phenoxy) is 1. The van der Waals surface area contributed by atoms with Crippen LogP contribution in [0.25, 0.3) is 0 Å². The number of anilines is 1. The van der Waals surface area contributed by atoms with Gasteiger partial charge in [-0.2, -0.15) is 0 Å². The first-order valence-corrected chi connectivity index (χ1v) is 7.35. The number of carbonyl (C=O) groups excluding carboxylic acids is 1. The van der Waals surface area contributed by atoms with Crippen LogP contribution in [0.15, 0.2) is 30.3 Å². The lowest BCUT2D eigenvalue weighted by Gasteiger charge is -2.17. The Hall–Kier alpha value is -1.81. The van der Waals surface area contributed by atoms with Crippen molar-refractivity contribution < 1.29 is 9.53 Å². The topological polar surface area (TPSA) is 38.3 Å². The average molecular weight is 289 g/mol. The Balaban J connectivity index is 2.23. The van der Waals surface area contributed by atoms with Crippen LogP contribution in [0.1, 0.15) is 38.6 Å². The van der Waals surface area contributed by atoms with Gasteiger partial charge in [0.15, 0.2) is 0 Å². The molecule has 0 spiro atoms. The number of rotatable bonds is 4. The molecule has 1 atom stereocenters. The van der Waals surface area contributed by atoms with Gasteiger partial charge in [0, 0.05) is 15.4 Å². The predicted octanol–water partition coefficient (Wildman–Crippen LogP) is 4.32. The van der Waals surface area contributed by atoms with Crippen molar-refractivity contribution in [2.24, 2.45) is 0 Å². The molecular formula is C16H19NO2S. The number of methoxy groups -OCH3 is 1. The van der Waals surface area contributed by atoms with Crippen molar-refractivity contribution in [3.63, 3.8) is 0 Å². The third kappa shape index (κ3) is 3.02. The summed E-state index contributed by atoms with van der Waals surface area (Å²) in [7, 11) is 1.40. The lowest BCUT2D eigenvalue weighted by molar-refractivity contribution is 0.0600. The molecule has 0 saturated carbocycles. The molecule has 0 aliphatic heterocycles. The first kappa shape index (κ1) is 14.6. The summed E-state index contributed by atoms with van der Waals surface area (Å²) in [4.78, 5) is 14.3. The Morgan fingerprint density at radius 1 is 1.25 bits per heavy atom. The monoisotopic (exact) mass is 289 g/mol. The Morgan fingerprint density at radius 2 is 2.00 bits per heavy atom. The van der Waals surface area contributed by atoms with E-state index in [-0.39, 0.29) is 12.0 Å². The van der Waals surface area contributed by atoms with Crippen LogP contribution in [-0.4, -0.2) is 13.1 Å². The minimum absolute atomic E-state index is 0.209. The number of esters is 1. The summed E-state index contributed by atoms with van der Waals surface area (Å²) in [5, 5.41) is 3.46. The van der Waals surface area contributed by atoms with Gasteiger partial charge in [0.2, 0.25) is 0 Å². The van der Waals surface area contributed by atoms with Crippen LogP contribution in [0, 0.1) is 13.8 Å². The van der Waals surface area contributed by atoms with Gasteiger partial charge in [0.05, 0.1) is 18.7 Å². The van der Waals surface area contributed by atoms with Crippen molar-refractivity contribution in [1.29, 1.82) is 0 Å². The number of thiophene rings is 1. The molecule has 1 aromatic carbocycles. The Kier molecular flexibility index (Phi) is 4.45. The van der Waals surface area contributed by atoms with E-state index >= 15 is 0 Å². The summed E-state index contributed by atoms with van der Waals surface area (Å²) in [5.41, 5.74) is 2.48. The number of aryl methyl sites for hydroxylation is 1. The second kappa shape index (κ2) is 6.09. The van der Waals surface area contributed by atoms with Crippen LogP contribution in [0.5, 0.6) is 0 Å². The second-order valence-corrected chi connectivity index (χ2v) is 6.10. The molecule has 20 heavy (non-hydrogen) atoms. The molecule has 0 aliphatic carbocycles. The van der Waals surface area contributed by atoms with Crippen molar-refractivity contribution >= 4 is 23.0 Å². The van der Waals surface area contributed by atoms with E-state index in [4.69, 9.17) is 4.74 Å². The van der Waals surface area contributed by atoms with Gasteiger partial charge in [0.25, 0.3) is 0 Å². The number of hydrogen-bond acceptors (Lipinski definition) is 4. The molecule has 2 aromatic rings. The van der Waals surface area contributed by atoms with Gasteiger partial charge >= 0.3 is 5.97 Å². The van der Waals surface area contributed by atoms with Crippen molar-refractivity contribution in [3.8, 4) is 0 Å². The quantitative estimate of drug-likeness (QED) is 0.852. The van der Waals surface area contributed by atoms with Gasteiger partial charge in [0.1, 0.15) is 0 Å². The third-order valence-corrected chi connectivity index (χ3v) is 4.48. The summed E-state index contributed by atoms with van der Waals surface area (Å²) in [6, 6.07) is 10.1. The normalized spacial score (nSPS) is 12.0. The molecule has 1 heterocycles.